The molecule has 0 amide bonds. The van der Waals surface area contributed by atoms with Crippen LogP contribution in [0.3, 0.4) is 0 Å². The van der Waals surface area contributed by atoms with Gasteiger partial charge in [0.2, 0.25) is 16.5 Å². The van der Waals surface area contributed by atoms with E-state index in [1.54, 1.807) is 13.8 Å². The molecule has 1 aromatic carbocycles. The van der Waals surface area contributed by atoms with E-state index in [2.05, 4.69) is 20.3 Å². The fourth-order valence-corrected chi connectivity index (χ4v) is 2.08. The van der Waals surface area contributed by atoms with Crippen molar-refractivity contribution >= 4 is 29.2 Å². The molecule has 0 aliphatic heterocycles. The second-order valence-electron chi connectivity index (χ2n) is 4.55. The standard InChI is InChI=1S/C12H10Cl2F2N4/c1-12(2,6-4-3-5-7(15)8(6)16)20-11-18-9(13)17-10(14)19-11/h3-5H,1-2H3,(H,17,18,19,20). The third-order valence-electron chi connectivity index (χ3n) is 2.63. The van der Waals surface area contributed by atoms with Gasteiger partial charge in [-0.05, 0) is 43.1 Å². The zero-order chi connectivity index (χ0) is 14.9. The molecule has 0 bridgehead atoms. The quantitative estimate of drug-likeness (QED) is 0.935. The summed E-state index contributed by atoms with van der Waals surface area (Å²) in [6.45, 7) is 3.30. The highest BCUT2D eigenvalue weighted by Crippen LogP contribution is 2.28. The monoisotopic (exact) mass is 318 g/mol. The van der Waals surface area contributed by atoms with Crippen molar-refractivity contribution in [2.75, 3.05) is 5.32 Å². The summed E-state index contributed by atoms with van der Waals surface area (Å²) < 4.78 is 27.1. The van der Waals surface area contributed by atoms with Gasteiger partial charge in [-0.15, -0.1) is 0 Å². The minimum Gasteiger partial charge on any atom is -0.345 e. The van der Waals surface area contributed by atoms with E-state index in [1.807, 2.05) is 0 Å². The summed E-state index contributed by atoms with van der Waals surface area (Å²) in [7, 11) is 0. The van der Waals surface area contributed by atoms with Crippen molar-refractivity contribution in [1.82, 2.24) is 15.0 Å². The third-order valence-corrected chi connectivity index (χ3v) is 2.97. The molecule has 0 unspecified atom stereocenters. The molecule has 1 aromatic heterocycles. The van der Waals surface area contributed by atoms with Crippen LogP contribution in [0.15, 0.2) is 18.2 Å². The first-order valence-electron chi connectivity index (χ1n) is 5.59. The lowest BCUT2D eigenvalue weighted by Gasteiger charge is -2.27. The number of nitrogens with one attached hydrogen (secondary N) is 1. The van der Waals surface area contributed by atoms with Crippen molar-refractivity contribution in [3.05, 3.63) is 46.0 Å². The maximum atomic E-state index is 13.8. The predicted molar refractivity (Wildman–Crippen MR) is 72.9 cm³/mol. The second kappa shape index (κ2) is 5.46. The molecule has 0 atom stereocenters. The van der Waals surface area contributed by atoms with Crippen molar-refractivity contribution in [1.29, 1.82) is 0 Å². The van der Waals surface area contributed by atoms with Crippen LogP contribution in [-0.4, -0.2) is 15.0 Å². The molecular weight excluding hydrogens is 309 g/mol. The lowest BCUT2D eigenvalue weighted by atomic mass is 9.94. The normalized spacial score (nSPS) is 11.5. The Hall–Kier alpha value is -1.53. The Balaban J connectivity index is 2.37. The van der Waals surface area contributed by atoms with Gasteiger partial charge in [0, 0.05) is 5.56 Å². The van der Waals surface area contributed by atoms with Gasteiger partial charge in [0.05, 0.1) is 5.54 Å². The fraction of sp³-hybridized carbons (Fsp3) is 0.250. The first kappa shape index (κ1) is 14.9. The van der Waals surface area contributed by atoms with Gasteiger partial charge in [0.15, 0.2) is 11.6 Å². The number of hydrogen-bond acceptors (Lipinski definition) is 4. The number of anilines is 1. The topological polar surface area (TPSA) is 50.7 Å². The van der Waals surface area contributed by atoms with Crippen molar-refractivity contribution in [3.8, 4) is 0 Å². The van der Waals surface area contributed by atoms with Gasteiger partial charge in [-0.1, -0.05) is 12.1 Å². The third kappa shape index (κ3) is 3.13. The molecule has 2 aromatic rings. The molecule has 4 nitrogen and oxygen atoms in total. The van der Waals surface area contributed by atoms with Gasteiger partial charge in [0.1, 0.15) is 0 Å². The summed E-state index contributed by atoms with van der Waals surface area (Å²) in [6.07, 6.45) is 0. The number of nitrogens with zero attached hydrogens (tertiary/aromatic N) is 3. The van der Waals surface area contributed by atoms with E-state index in [9.17, 15) is 8.78 Å². The molecule has 0 aliphatic carbocycles. The second-order valence-corrected chi connectivity index (χ2v) is 5.22. The van der Waals surface area contributed by atoms with Gasteiger partial charge in [-0.3, -0.25) is 0 Å². The van der Waals surface area contributed by atoms with E-state index < -0.39 is 17.2 Å². The maximum absolute atomic E-state index is 13.8. The predicted octanol–water partition coefficient (Wildman–Crippen LogP) is 3.80. The fourth-order valence-electron chi connectivity index (χ4n) is 1.72. The Bertz CT molecular complexity index is 629. The van der Waals surface area contributed by atoms with Crippen LogP contribution in [0.5, 0.6) is 0 Å². The Morgan fingerprint density at radius 3 is 2.25 bits per heavy atom. The SMILES string of the molecule is CC(C)(Nc1nc(Cl)nc(Cl)n1)c1cccc(F)c1F. The zero-order valence-electron chi connectivity index (χ0n) is 10.6. The molecule has 2 rings (SSSR count). The van der Waals surface area contributed by atoms with E-state index in [0.29, 0.717) is 0 Å². The maximum Gasteiger partial charge on any atom is 0.228 e. The van der Waals surface area contributed by atoms with Gasteiger partial charge in [-0.25, -0.2) is 8.78 Å². The Labute approximate surface area is 124 Å². The first-order chi connectivity index (χ1) is 9.29. The number of hydrogen-bond donors (Lipinski definition) is 1. The molecule has 8 heteroatoms. The molecule has 0 spiro atoms. The van der Waals surface area contributed by atoms with Crippen LogP contribution in [0, 0.1) is 11.6 Å². The van der Waals surface area contributed by atoms with Crippen molar-refractivity contribution < 1.29 is 8.78 Å². The largest absolute Gasteiger partial charge is 0.345 e. The van der Waals surface area contributed by atoms with Gasteiger partial charge < -0.3 is 5.32 Å². The number of benzene rings is 1. The minimum atomic E-state index is -0.972. The van der Waals surface area contributed by atoms with Gasteiger partial charge in [-0.2, -0.15) is 15.0 Å². The summed E-state index contributed by atoms with van der Waals surface area (Å²) in [5, 5.41) is 2.66. The van der Waals surface area contributed by atoms with E-state index in [1.165, 1.54) is 12.1 Å². The van der Waals surface area contributed by atoms with Crippen LogP contribution in [-0.2, 0) is 5.54 Å². The van der Waals surface area contributed by atoms with Crippen LogP contribution < -0.4 is 5.32 Å². The lowest BCUT2D eigenvalue weighted by Crippen LogP contribution is -2.30. The van der Waals surface area contributed by atoms with Crippen molar-refractivity contribution in [3.63, 3.8) is 0 Å². The van der Waals surface area contributed by atoms with Crippen LogP contribution in [0.1, 0.15) is 19.4 Å². The van der Waals surface area contributed by atoms with Crippen LogP contribution in [0.25, 0.3) is 0 Å². The average molecular weight is 319 g/mol. The number of rotatable bonds is 3. The first-order valence-corrected chi connectivity index (χ1v) is 6.35. The molecular formula is C12H10Cl2F2N4. The molecule has 0 fully saturated rings. The molecule has 0 saturated carbocycles. The number of aromatic nitrogens is 3. The Morgan fingerprint density at radius 1 is 1.05 bits per heavy atom. The summed E-state index contributed by atoms with van der Waals surface area (Å²) in [5.41, 5.74) is -0.842. The molecule has 0 radical (unpaired) electrons. The van der Waals surface area contributed by atoms with Gasteiger partial charge >= 0.3 is 0 Å². The highest BCUT2D eigenvalue weighted by atomic mass is 35.5. The van der Waals surface area contributed by atoms with Crippen LogP contribution in [0.4, 0.5) is 14.7 Å². The molecule has 0 saturated heterocycles. The molecule has 20 heavy (non-hydrogen) atoms. The average Bonchev–Trinajstić information content (AvgIpc) is 2.30. The Kier molecular flexibility index (Phi) is 4.06. The number of halogens is 4. The van der Waals surface area contributed by atoms with E-state index in [0.717, 1.165) is 6.07 Å². The summed E-state index contributed by atoms with van der Waals surface area (Å²) in [5.74, 6) is -1.79. The highest BCUT2D eigenvalue weighted by molar-refractivity contribution is 6.31. The minimum absolute atomic E-state index is 0.0728. The highest BCUT2D eigenvalue weighted by Gasteiger charge is 2.26. The van der Waals surface area contributed by atoms with E-state index in [-0.39, 0.29) is 22.1 Å². The summed E-state index contributed by atoms with van der Waals surface area (Å²) >= 11 is 11.3. The summed E-state index contributed by atoms with van der Waals surface area (Å²) in [6, 6.07) is 3.94. The molecule has 1 heterocycles. The zero-order valence-corrected chi connectivity index (χ0v) is 12.1. The van der Waals surface area contributed by atoms with Crippen LogP contribution in [0.2, 0.25) is 10.6 Å². The van der Waals surface area contributed by atoms with Crippen LogP contribution >= 0.6 is 23.2 Å². The smallest absolute Gasteiger partial charge is 0.228 e. The van der Waals surface area contributed by atoms with Crippen molar-refractivity contribution in [2.24, 2.45) is 0 Å². The molecule has 1 N–H and O–H groups in total. The van der Waals surface area contributed by atoms with E-state index in [4.69, 9.17) is 23.2 Å². The summed E-state index contributed by atoms with van der Waals surface area (Å²) in [4.78, 5) is 11.3. The van der Waals surface area contributed by atoms with Crippen molar-refractivity contribution in [2.45, 2.75) is 19.4 Å². The van der Waals surface area contributed by atoms with E-state index >= 15 is 0 Å². The van der Waals surface area contributed by atoms with Gasteiger partial charge in [0.25, 0.3) is 0 Å². The Morgan fingerprint density at radius 2 is 1.65 bits per heavy atom. The molecule has 106 valence electrons. The molecule has 0 aliphatic rings. The lowest BCUT2D eigenvalue weighted by molar-refractivity contribution is 0.468.